The predicted molar refractivity (Wildman–Crippen MR) is 344 cm³/mol. The lowest BCUT2D eigenvalue weighted by molar-refractivity contribution is -0.161. The first-order valence-corrected chi connectivity index (χ1v) is 37.8. The van der Waals surface area contributed by atoms with Crippen LogP contribution in [0.3, 0.4) is 0 Å². The lowest BCUT2D eigenvalue weighted by Crippen LogP contribution is -2.30. The summed E-state index contributed by atoms with van der Waals surface area (Å²) in [5, 5.41) is 10.6. The Morgan fingerprint density at radius 1 is 0.326 bits per heavy atom. The smallest absolute Gasteiger partial charge is 0.462 e. The van der Waals surface area contributed by atoms with Gasteiger partial charge in [0.25, 0.3) is 0 Å². The molecule has 0 aromatic carbocycles. The van der Waals surface area contributed by atoms with Gasteiger partial charge in [0.2, 0.25) is 0 Å². The van der Waals surface area contributed by atoms with Gasteiger partial charge in [0, 0.05) is 25.7 Å². The molecule has 4 unspecified atom stereocenters. The lowest BCUT2D eigenvalue weighted by atomic mass is 10.00. The summed E-state index contributed by atoms with van der Waals surface area (Å²) in [4.78, 5) is 72.3. The van der Waals surface area contributed by atoms with Gasteiger partial charge in [-0.1, -0.05) is 274 Å². The summed E-state index contributed by atoms with van der Waals surface area (Å²) < 4.78 is 68.1. The van der Waals surface area contributed by atoms with Crippen LogP contribution in [0.4, 0.5) is 0 Å². The van der Waals surface area contributed by atoms with E-state index in [-0.39, 0.29) is 25.7 Å². The van der Waals surface area contributed by atoms with Crippen molar-refractivity contribution in [1.29, 1.82) is 0 Å². The quantitative estimate of drug-likeness (QED) is 0.0222. The van der Waals surface area contributed by atoms with Gasteiger partial charge in [-0.3, -0.25) is 37.3 Å². The number of carbonyl (C=O) groups excluding carboxylic acids is 4. The fourth-order valence-electron chi connectivity index (χ4n) is 9.89. The van der Waals surface area contributed by atoms with Gasteiger partial charge >= 0.3 is 39.5 Å². The molecule has 0 radical (unpaired) electrons. The minimum absolute atomic E-state index is 0.101. The van der Waals surface area contributed by atoms with E-state index in [1.165, 1.54) is 116 Å². The molecule has 0 bridgehead atoms. The summed E-state index contributed by atoms with van der Waals surface area (Å²) >= 11 is 0. The average molecular weight is 1270 g/mol. The van der Waals surface area contributed by atoms with Crippen molar-refractivity contribution in [3.63, 3.8) is 0 Å². The second-order valence-corrected chi connectivity index (χ2v) is 28.6. The third-order valence-electron chi connectivity index (χ3n) is 16.0. The van der Waals surface area contributed by atoms with E-state index in [1.807, 2.05) is 0 Å². The highest BCUT2D eigenvalue weighted by Crippen LogP contribution is 2.45. The Bertz CT molecular complexity index is 1720. The van der Waals surface area contributed by atoms with Gasteiger partial charge in [-0.15, -0.1) is 0 Å². The summed E-state index contributed by atoms with van der Waals surface area (Å²) in [5.74, 6) is 0.805. The minimum atomic E-state index is -4.95. The molecule has 19 heteroatoms. The van der Waals surface area contributed by atoms with Gasteiger partial charge in [-0.25, -0.2) is 9.13 Å². The Morgan fingerprint density at radius 2 is 0.558 bits per heavy atom. The summed E-state index contributed by atoms with van der Waals surface area (Å²) in [7, 11) is -9.90. The van der Waals surface area contributed by atoms with Gasteiger partial charge in [0.1, 0.15) is 19.3 Å². The summed E-state index contributed by atoms with van der Waals surface area (Å²) in [5.41, 5.74) is 0. The second-order valence-electron chi connectivity index (χ2n) is 25.6. The van der Waals surface area contributed by atoms with E-state index in [4.69, 9.17) is 37.0 Å². The van der Waals surface area contributed by atoms with Gasteiger partial charge in [0.15, 0.2) is 12.2 Å². The molecule has 0 aromatic rings. The fraction of sp³-hybridized carbons (Fsp3) is 0.940. The number of carbonyl (C=O) groups is 4. The third-order valence-corrected chi connectivity index (χ3v) is 17.9. The van der Waals surface area contributed by atoms with Gasteiger partial charge in [-0.05, 0) is 49.4 Å². The van der Waals surface area contributed by atoms with Crippen molar-refractivity contribution in [2.75, 3.05) is 39.6 Å². The van der Waals surface area contributed by atoms with Crippen molar-refractivity contribution < 1.29 is 80.2 Å². The zero-order chi connectivity index (χ0) is 63.9. The molecule has 3 N–H and O–H groups in total. The first-order valence-electron chi connectivity index (χ1n) is 34.8. The molecule has 0 aliphatic carbocycles. The number of unbranched alkanes of at least 4 members (excludes halogenated alkanes) is 28. The van der Waals surface area contributed by atoms with E-state index < -0.39 is 97.5 Å². The predicted octanol–water partition coefficient (Wildman–Crippen LogP) is 18.5. The molecule has 0 spiro atoms. The Labute approximate surface area is 524 Å². The molecule has 0 amide bonds. The molecule has 0 saturated heterocycles. The molecule has 0 heterocycles. The van der Waals surface area contributed by atoms with Crippen LogP contribution < -0.4 is 0 Å². The van der Waals surface area contributed by atoms with E-state index in [2.05, 4.69) is 55.4 Å². The number of hydrogen-bond donors (Lipinski definition) is 3. The maximum Gasteiger partial charge on any atom is 0.472 e. The van der Waals surface area contributed by atoms with Crippen molar-refractivity contribution in [3.05, 3.63) is 0 Å². The number of aliphatic hydroxyl groups excluding tert-OH is 1. The van der Waals surface area contributed by atoms with E-state index in [0.717, 1.165) is 120 Å². The Morgan fingerprint density at radius 3 is 0.826 bits per heavy atom. The summed E-state index contributed by atoms with van der Waals surface area (Å²) in [6.07, 6.45) is 37.7. The largest absolute Gasteiger partial charge is 0.472 e. The van der Waals surface area contributed by atoms with Gasteiger partial charge < -0.3 is 33.8 Å². The number of ether oxygens (including phenoxy) is 4. The second kappa shape index (κ2) is 57.0. The van der Waals surface area contributed by atoms with Crippen LogP contribution in [0.5, 0.6) is 0 Å². The van der Waals surface area contributed by atoms with Crippen molar-refractivity contribution >= 4 is 39.5 Å². The highest BCUT2D eigenvalue weighted by atomic mass is 31.2. The number of aliphatic hydroxyl groups is 1. The molecule has 17 nitrogen and oxygen atoms in total. The van der Waals surface area contributed by atoms with Crippen LogP contribution in [0.15, 0.2) is 0 Å². The molecule has 0 saturated carbocycles. The maximum atomic E-state index is 13.0. The zero-order valence-electron chi connectivity index (χ0n) is 55.9. The molecule has 86 heavy (non-hydrogen) atoms. The SMILES string of the molecule is CCC(C)CCCCCCCCC(=O)OC[C@H](COP(=O)(O)OC[C@H](O)COP(=O)(O)OC[C@@H](COC(=O)CCCCCCCCCC(C)C)OC(=O)CCCCCCCCCCCCCCCC(C)C)OC(=O)CCCCCCCCC(C)CC. The molecule has 510 valence electrons. The molecule has 0 aliphatic rings. The monoisotopic (exact) mass is 1270 g/mol. The van der Waals surface area contributed by atoms with Crippen LogP contribution in [-0.2, 0) is 65.4 Å². The van der Waals surface area contributed by atoms with E-state index in [1.54, 1.807) is 0 Å². The van der Waals surface area contributed by atoms with Gasteiger partial charge in [-0.2, -0.15) is 0 Å². The Kier molecular flexibility index (Phi) is 55.7. The van der Waals surface area contributed by atoms with E-state index >= 15 is 0 Å². The highest BCUT2D eigenvalue weighted by molar-refractivity contribution is 7.47. The molecule has 0 rings (SSSR count). The summed E-state index contributed by atoms with van der Waals surface area (Å²) in [6, 6.07) is 0. The molecule has 7 atom stereocenters. The number of phosphoric ester groups is 2. The number of rotatable bonds is 64. The standard InChI is InChI=1S/C67H130O17P2/c1-9-59(7)45-37-29-23-25-32-40-48-65(70)78-54-63(84-67(72)50-42-34-26-24-30-38-46-60(8)10-2)56-82-86(75,76)80-52-61(68)51-79-85(73,74)81-55-62(53-77-64(69)47-39-31-22-18-20-28-36-44-58(5)6)83-66(71)49-41-33-21-17-15-13-11-12-14-16-19-27-35-43-57(3)4/h57-63,68H,9-56H2,1-8H3,(H,73,74)(H,75,76)/t59?,60?,61-,62-,63-/m1/s1. The third kappa shape index (κ3) is 58.4. The maximum absolute atomic E-state index is 13.0. The molecular weight excluding hydrogens is 1140 g/mol. The minimum Gasteiger partial charge on any atom is -0.462 e. The fourth-order valence-corrected chi connectivity index (χ4v) is 11.5. The first-order chi connectivity index (χ1) is 41.2. The van der Waals surface area contributed by atoms with Crippen molar-refractivity contribution in [2.24, 2.45) is 23.7 Å². The normalized spacial score (nSPS) is 15.0. The summed E-state index contributed by atoms with van der Waals surface area (Å²) in [6.45, 7) is 14.0. The van der Waals surface area contributed by atoms with Crippen molar-refractivity contribution in [1.82, 2.24) is 0 Å². The molecular formula is C67H130O17P2. The molecule has 0 aliphatic heterocycles. The van der Waals surface area contributed by atoms with Gasteiger partial charge in [0.05, 0.1) is 26.4 Å². The number of hydrogen-bond acceptors (Lipinski definition) is 15. The van der Waals surface area contributed by atoms with Crippen molar-refractivity contribution in [2.45, 2.75) is 343 Å². The first kappa shape index (κ1) is 84.1. The topological polar surface area (TPSA) is 237 Å². The van der Waals surface area contributed by atoms with Crippen LogP contribution >= 0.6 is 15.6 Å². The zero-order valence-corrected chi connectivity index (χ0v) is 57.7. The van der Waals surface area contributed by atoms with Crippen LogP contribution in [0, 0.1) is 23.7 Å². The van der Waals surface area contributed by atoms with Crippen molar-refractivity contribution in [3.8, 4) is 0 Å². The Balaban J connectivity index is 5.24. The Hall–Kier alpha value is -1.94. The van der Waals surface area contributed by atoms with E-state index in [9.17, 15) is 43.2 Å². The van der Waals surface area contributed by atoms with Crippen LogP contribution in [0.25, 0.3) is 0 Å². The van der Waals surface area contributed by atoms with Crippen LogP contribution in [-0.4, -0.2) is 96.7 Å². The molecule has 0 aromatic heterocycles. The van der Waals surface area contributed by atoms with E-state index in [0.29, 0.717) is 31.6 Å². The number of esters is 4. The van der Waals surface area contributed by atoms with Crippen LogP contribution in [0.2, 0.25) is 0 Å². The highest BCUT2D eigenvalue weighted by Gasteiger charge is 2.30. The van der Waals surface area contributed by atoms with Crippen LogP contribution in [0.1, 0.15) is 325 Å². The lowest BCUT2D eigenvalue weighted by Gasteiger charge is -2.21. The molecule has 0 fully saturated rings. The number of phosphoric acid groups is 2. The average Bonchev–Trinajstić information content (AvgIpc) is 3.69.